The van der Waals surface area contributed by atoms with Gasteiger partial charge >= 0.3 is 0 Å². The summed E-state index contributed by atoms with van der Waals surface area (Å²) in [5.41, 5.74) is 2.77. The zero-order chi connectivity index (χ0) is 16.5. The molecular weight excluding hydrogens is 324 g/mol. The minimum atomic E-state index is 0.175. The van der Waals surface area contributed by atoms with Gasteiger partial charge in [0.05, 0.1) is 11.3 Å². The van der Waals surface area contributed by atoms with E-state index in [1.807, 2.05) is 18.2 Å². The monoisotopic (exact) mass is 342 g/mol. The summed E-state index contributed by atoms with van der Waals surface area (Å²) in [5, 5.41) is 0.762. The number of ketones is 1. The van der Waals surface area contributed by atoms with Crippen molar-refractivity contribution < 1.29 is 4.79 Å². The molecule has 0 atom stereocenters. The molecule has 6 heteroatoms. The van der Waals surface area contributed by atoms with Crippen LogP contribution in [0.4, 0.5) is 11.6 Å². The van der Waals surface area contributed by atoms with E-state index in [0.29, 0.717) is 12.0 Å². The van der Waals surface area contributed by atoms with Crippen LogP contribution in [0.15, 0.2) is 30.5 Å². The number of rotatable bonds is 2. The Balaban J connectivity index is 1.47. The number of aryl methyl sites for hydroxylation is 1. The SMILES string of the molecule is O=C1CCCc2nc(N3CCN(c4cccc(Cl)c4)CC3)ncc21. The molecule has 2 heterocycles. The average molecular weight is 343 g/mol. The Morgan fingerprint density at radius 2 is 1.83 bits per heavy atom. The summed E-state index contributed by atoms with van der Waals surface area (Å²) >= 11 is 6.08. The van der Waals surface area contributed by atoms with Crippen molar-refractivity contribution in [3.63, 3.8) is 0 Å². The predicted molar refractivity (Wildman–Crippen MR) is 95.2 cm³/mol. The van der Waals surface area contributed by atoms with Crippen LogP contribution in [-0.2, 0) is 6.42 Å². The lowest BCUT2D eigenvalue weighted by molar-refractivity contribution is 0.0971. The van der Waals surface area contributed by atoms with Gasteiger partial charge < -0.3 is 9.80 Å². The number of carbonyl (C=O) groups is 1. The maximum Gasteiger partial charge on any atom is 0.225 e. The van der Waals surface area contributed by atoms with Crippen molar-refractivity contribution >= 4 is 29.0 Å². The van der Waals surface area contributed by atoms with Gasteiger partial charge in [0.2, 0.25) is 5.95 Å². The number of halogens is 1. The van der Waals surface area contributed by atoms with Crippen LogP contribution in [0.5, 0.6) is 0 Å². The normalized spacial score (nSPS) is 17.8. The molecular formula is C18H19ClN4O. The standard InChI is InChI=1S/C18H19ClN4O/c19-13-3-1-4-14(11-13)22-7-9-23(10-8-22)18-20-12-15-16(21-18)5-2-6-17(15)24/h1,3-4,11-12H,2,5-10H2. The first-order valence-corrected chi connectivity index (χ1v) is 8.73. The lowest BCUT2D eigenvalue weighted by Gasteiger charge is -2.36. The van der Waals surface area contributed by atoms with Crippen LogP contribution in [0.3, 0.4) is 0 Å². The van der Waals surface area contributed by atoms with Gasteiger partial charge in [-0.05, 0) is 31.0 Å². The van der Waals surface area contributed by atoms with Crippen molar-refractivity contribution in [1.82, 2.24) is 9.97 Å². The van der Waals surface area contributed by atoms with Gasteiger partial charge in [-0.15, -0.1) is 0 Å². The quantitative estimate of drug-likeness (QED) is 0.839. The summed E-state index contributed by atoms with van der Waals surface area (Å²) in [6, 6.07) is 7.96. The highest BCUT2D eigenvalue weighted by atomic mass is 35.5. The highest BCUT2D eigenvalue weighted by Crippen LogP contribution is 2.24. The summed E-state index contributed by atoms with van der Waals surface area (Å²) in [4.78, 5) is 25.5. The third kappa shape index (κ3) is 2.96. The van der Waals surface area contributed by atoms with Gasteiger partial charge in [0.1, 0.15) is 0 Å². The van der Waals surface area contributed by atoms with Crippen molar-refractivity contribution in [2.45, 2.75) is 19.3 Å². The molecule has 0 spiro atoms. The Bertz CT molecular complexity index is 771. The largest absolute Gasteiger partial charge is 0.368 e. The first-order chi connectivity index (χ1) is 11.7. The molecule has 5 nitrogen and oxygen atoms in total. The van der Waals surface area contributed by atoms with Gasteiger partial charge in [0.15, 0.2) is 5.78 Å². The van der Waals surface area contributed by atoms with Crippen molar-refractivity contribution in [2.24, 2.45) is 0 Å². The maximum absolute atomic E-state index is 11.9. The number of hydrogen-bond donors (Lipinski definition) is 0. The number of benzene rings is 1. The topological polar surface area (TPSA) is 49.3 Å². The number of hydrogen-bond acceptors (Lipinski definition) is 5. The minimum absolute atomic E-state index is 0.175. The average Bonchev–Trinajstić information content (AvgIpc) is 2.62. The van der Waals surface area contributed by atoms with Gasteiger partial charge in [-0.1, -0.05) is 17.7 Å². The second kappa shape index (κ2) is 6.40. The molecule has 4 rings (SSSR count). The molecule has 0 saturated carbocycles. The van der Waals surface area contributed by atoms with E-state index in [9.17, 15) is 4.79 Å². The van der Waals surface area contributed by atoms with Gasteiger partial charge in [0.25, 0.3) is 0 Å². The summed E-state index contributed by atoms with van der Waals surface area (Å²) in [5.74, 6) is 0.919. The number of nitrogens with zero attached hydrogens (tertiary/aromatic N) is 4. The third-order valence-electron chi connectivity index (χ3n) is 4.71. The van der Waals surface area contributed by atoms with Gasteiger partial charge in [0, 0.05) is 49.5 Å². The Morgan fingerprint density at radius 1 is 1.04 bits per heavy atom. The fraction of sp³-hybridized carbons (Fsp3) is 0.389. The molecule has 0 bridgehead atoms. The molecule has 1 aliphatic heterocycles. The van der Waals surface area contributed by atoms with Crippen molar-refractivity contribution in [1.29, 1.82) is 0 Å². The first kappa shape index (κ1) is 15.4. The molecule has 1 aromatic carbocycles. The second-order valence-electron chi connectivity index (χ2n) is 6.26. The maximum atomic E-state index is 11.9. The van der Waals surface area contributed by atoms with Gasteiger partial charge in [-0.25, -0.2) is 9.97 Å². The Labute approximate surface area is 146 Å². The fourth-order valence-corrected chi connectivity index (χ4v) is 3.56. The molecule has 0 radical (unpaired) electrons. The summed E-state index contributed by atoms with van der Waals surface area (Å²) < 4.78 is 0. The molecule has 24 heavy (non-hydrogen) atoms. The molecule has 1 aromatic heterocycles. The molecule has 124 valence electrons. The van der Waals surface area contributed by atoms with E-state index >= 15 is 0 Å². The Kier molecular flexibility index (Phi) is 4.10. The fourth-order valence-electron chi connectivity index (χ4n) is 3.37. The van der Waals surface area contributed by atoms with Crippen LogP contribution in [0.25, 0.3) is 0 Å². The smallest absolute Gasteiger partial charge is 0.225 e. The Hall–Kier alpha value is -2.14. The van der Waals surface area contributed by atoms with E-state index in [4.69, 9.17) is 11.6 Å². The van der Waals surface area contributed by atoms with E-state index in [0.717, 1.165) is 61.4 Å². The van der Waals surface area contributed by atoms with Crippen LogP contribution in [0.2, 0.25) is 5.02 Å². The summed E-state index contributed by atoms with van der Waals surface area (Å²) in [7, 11) is 0. The van der Waals surface area contributed by atoms with E-state index < -0.39 is 0 Å². The van der Waals surface area contributed by atoms with Crippen LogP contribution in [0.1, 0.15) is 28.9 Å². The lowest BCUT2D eigenvalue weighted by atomic mass is 9.96. The molecule has 2 aromatic rings. The zero-order valence-corrected chi connectivity index (χ0v) is 14.2. The number of anilines is 2. The van der Waals surface area contributed by atoms with E-state index in [1.165, 1.54) is 0 Å². The van der Waals surface area contributed by atoms with Crippen LogP contribution >= 0.6 is 11.6 Å². The van der Waals surface area contributed by atoms with Gasteiger partial charge in [-0.2, -0.15) is 0 Å². The van der Waals surface area contributed by atoms with E-state index in [-0.39, 0.29) is 5.78 Å². The molecule has 0 N–H and O–H groups in total. The van der Waals surface area contributed by atoms with Crippen molar-refractivity contribution in [3.8, 4) is 0 Å². The number of aromatic nitrogens is 2. The third-order valence-corrected chi connectivity index (χ3v) is 4.94. The summed E-state index contributed by atoms with van der Waals surface area (Å²) in [6.07, 6.45) is 4.10. The number of piperazine rings is 1. The van der Waals surface area contributed by atoms with Crippen molar-refractivity contribution in [3.05, 3.63) is 46.7 Å². The minimum Gasteiger partial charge on any atom is -0.368 e. The molecule has 0 amide bonds. The highest BCUT2D eigenvalue weighted by Gasteiger charge is 2.23. The lowest BCUT2D eigenvalue weighted by Crippen LogP contribution is -2.47. The number of Topliss-reactive ketones (excluding diaryl/α,β-unsaturated/α-hetero) is 1. The van der Waals surface area contributed by atoms with E-state index in [1.54, 1.807) is 6.20 Å². The second-order valence-corrected chi connectivity index (χ2v) is 6.70. The van der Waals surface area contributed by atoms with Crippen LogP contribution in [0, 0.1) is 0 Å². The molecule has 0 unspecified atom stereocenters. The number of carbonyl (C=O) groups excluding carboxylic acids is 1. The zero-order valence-electron chi connectivity index (χ0n) is 13.4. The summed E-state index contributed by atoms with van der Waals surface area (Å²) in [6.45, 7) is 3.53. The molecule has 1 saturated heterocycles. The Morgan fingerprint density at radius 3 is 2.62 bits per heavy atom. The predicted octanol–water partition coefficient (Wildman–Crippen LogP) is 2.98. The van der Waals surface area contributed by atoms with Crippen LogP contribution in [-0.4, -0.2) is 41.9 Å². The number of fused-ring (bicyclic) bond motifs is 1. The molecule has 1 fully saturated rings. The van der Waals surface area contributed by atoms with Crippen LogP contribution < -0.4 is 9.80 Å². The molecule has 1 aliphatic carbocycles. The van der Waals surface area contributed by atoms with E-state index in [2.05, 4.69) is 25.8 Å². The first-order valence-electron chi connectivity index (χ1n) is 8.35. The highest BCUT2D eigenvalue weighted by molar-refractivity contribution is 6.30. The molecule has 2 aliphatic rings. The van der Waals surface area contributed by atoms with Crippen molar-refractivity contribution in [2.75, 3.05) is 36.0 Å². The van der Waals surface area contributed by atoms with Gasteiger partial charge in [-0.3, -0.25) is 4.79 Å².